The van der Waals surface area contributed by atoms with Gasteiger partial charge in [0.15, 0.2) is 0 Å². The first-order valence-corrected chi connectivity index (χ1v) is 10.9. The number of hydrogen-bond acceptors (Lipinski definition) is 3. The number of nitrogens with one attached hydrogen (secondary N) is 1. The standard InChI is InChI=1S/C25H30F3NO2/c1-3-31-23(30)16-20-10-7-11-22(29-17(2)18-8-5-4-6-9-18)24(20)19-12-14-21(15-13-19)25(26,27)28/h4-6,8-9,12-15,17,20,22,24,29H,3,7,10-11,16H2,1-2H3/t17-,20?,22?,24?/m0/s1. The van der Waals surface area contributed by atoms with Crippen LogP contribution in [-0.2, 0) is 15.7 Å². The first-order valence-electron chi connectivity index (χ1n) is 10.9. The number of carbonyl (C=O) groups is 1. The first-order chi connectivity index (χ1) is 14.8. The number of halogens is 3. The van der Waals surface area contributed by atoms with Gasteiger partial charge in [0, 0.05) is 24.4 Å². The molecular formula is C25H30F3NO2. The second kappa shape index (κ2) is 10.3. The van der Waals surface area contributed by atoms with E-state index >= 15 is 0 Å². The van der Waals surface area contributed by atoms with Crippen molar-refractivity contribution < 1.29 is 22.7 Å². The van der Waals surface area contributed by atoms with Crippen LogP contribution in [0.3, 0.4) is 0 Å². The van der Waals surface area contributed by atoms with Crippen molar-refractivity contribution in [2.24, 2.45) is 5.92 Å². The van der Waals surface area contributed by atoms with Gasteiger partial charge >= 0.3 is 12.1 Å². The highest BCUT2D eigenvalue weighted by Gasteiger charge is 2.37. The summed E-state index contributed by atoms with van der Waals surface area (Å²) < 4.78 is 44.3. The Morgan fingerprint density at radius 2 is 1.77 bits per heavy atom. The molecule has 0 bridgehead atoms. The van der Waals surface area contributed by atoms with Gasteiger partial charge in [-0.05, 0) is 55.9 Å². The number of rotatable bonds is 7. The summed E-state index contributed by atoms with van der Waals surface area (Å²) in [5.41, 5.74) is 1.33. The highest BCUT2D eigenvalue weighted by Crippen LogP contribution is 2.42. The van der Waals surface area contributed by atoms with E-state index in [1.165, 1.54) is 0 Å². The largest absolute Gasteiger partial charge is 0.466 e. The van der Waals surface area contributed by atoms with Crippen LogP contribution >= 0.6 is 0 Å². The summed E-state index contributed by atoms with van der Waals surface area (Å²) in [5.74, 6) is -0.294. The van der Waals surface area contributed by atoms with Crippen LogP contribution in [0.4, 0.5) is 13.2 Å². The predicted octanol–water partition coefficient (Wildman–Crippen LogP) is 6.26. The maximum Gasteiger partial charge on any atom is 0.416 e. The molecule has 2 aromatic carbocycles. The lowest BCUT2D eigenvalue weighted by molar-refractivity contribution is -0.144. The SMILES string of the molecule is CCOC(=O)CC1CCCC(N[C@@H](C)c2ccccc2)C1c1ccc(C(F)(F)F)cc1. The summed E-state index contributed by atoms with van der Waals surface area (Å²) in [6, 6.07) is 15.6. The maximum absolute atomic E-state index is 13.1. The minimum Gasteiger partial charge on any atom is -0.466 e. The van der Waals surface area contributed by atoms with E-state index in [-0.39, 0.29) is 36.3 Å². The van der Waals surface area contributed by atoms with Crippen molar-refractivity contribution in [2.45, 2.75) is 63.7 Å². The lowest BCUT2D eigenvalue weighted by Gasteiger charge is -2.40. The van der Waals surface area contributed by atoms with Crippen LogP contribution in [-0.4, -0.2) is 18.6 Å². The van der Waals surface area contributed by atoms with Crippen molar-refractivity contribution >= 4 is 5.97 Å². The Hall–Kier alpha value is -2.34. The molecule has 3 rings (SSSR count). The third-order valence-corrected chi connectivity index (χ3v) is 6.15. The Kier molecular flexibility index (Phi) is 7.76. The molecule has 1 aliphatic carbocycles. The fraction of sp³-hybridized carbons (Fsp3) is 0.480. The Balaban J connectivity index is 1.87. The minimum atomic E-state index is -4.37. The number of hydrogen-bond donors (Lipinski definition) is 1. The molecule has 0 saturated heterocycles. The summed E-state index contributed by atoms with van der Waals surface area (Å²) in [4.78, 5) is 12.2. The van der Waals surface area contributed by atoms with E-state index in [0.29, 0.717) is 6.61 Å². The molecule has 6 heteroatoms. The summed E-state index contributed by atoms with van der Waals surface area (Å²) in [7, 11) is 0. The Bertz CT molecular complexity index is 836. The fourth-order valence-corrected chi connectivity index (χ4v) is 4.70. The average Bonchev–Trinajstić information content (AvgIpc) is 2.74. The van der Waals surface area contributed by atoms with E-state index in [0.717, 1.165) is 42.5 Å². The average molecular weight is 434 g/mol. The van der Waals surface area contributed by atoms with E-state index in [1.54, 1.807) is 19.1 Å². The number of esters is 1. The van der Waals surface area contributed by atoms with Gasteiger partial charge in [-0.2, -0.15) is 13.2 Å². The molecule has 1 fully saturated rings. The molecule has 0 radical (unpaired) electrons. The van der Waals surface area contributed by atoms with Gasteiger partial charge in [0.2, 0.25) is 0 Å². The molecule has 0 heterocycles. The molecule has 0 spiro atoms. The Morgan fingerprint density at radius 1 is 1.10 bits per heavy atom. The normalized spacial score (nSPS) is 22.7. The highest BCUT2D eigenvalue weighted by atomic mass is 19.4. The molecular weight excluding hydrogens is 403 g/mol. The molecule has 3 unspecified atom stereocenters. The third-order valence-electron chi connectivity index (χ3n) is 6.15. The summed E-state index contributed by atoms with van der Waals surface area (Å²) in [6.45, 7) is 4.19. The Morgan fingerprint density at radius 3 is 2.39 bits per heavy atom. The fourth-order valence-electron chi connectivity index (χ4n) is 4.70. The lowest BCUT2D eigenvalue weighted by Crippen LogP contribution is -2.43. The molecule has 3 nitrogen and oxygen atoms in total. The molecule has 4 atom stereocenters. The van der Waals surface area contributed by atoms with Crippen LogP contribution in [0.1, 0.15) is 68.2 Å². The molecule has 0 aliphatic heterocycles. The van der Waals surface area contributed by atoms with Gasteiger partial charge in [-0.15, -0.1) is 0 Å². The minimum absolute atomic E-state index is 0.0185. The highest BCUT2D eigenvalue weighted by molar-refractivity contribution is 5.69. The lowest BCUT2D eigenvalue weighted by atomic mass is 9.70. The number of ether oxygens (including phenoxy) is 1. The maximum atomic E-state index is 13.1. The number of benzene rings is 2. The van der Waals surface area contributed by atoms with Gasteiger partial charge in [0.05, 0.1) is 12.2 Å². The van der Waals surface area contributed by atoms with Crippen molar-refractivity contribution in [1.29, 1.82) is 0 Å². The second-order valence-electron chi connectivity index (χ2n) is 8.25. The van der Waals surface area contributed by atoms with Crippen LogP contribution in [0.15, 0.2) is 54.6 Å². The predicted molar refractivity (Wildman–Crippen MR) is 115 cm³/mol. The third kappa shape index (κ3) is 6.10. The van der Waals surface area contributed by atoms with E-state index in [4.69, 9.17) is 4.74 Å². The summed E-state index contributed by atoms with van der Waals surface area (Å²) in [6.07, 6.45) is -1.38. The van der Waals surface area contributed by atoms with E-state index < -0.39 is 11.7 Å². The molecule has 168 valence electrons. The van der Waals surface area contributed by atoms with E-state index in [2.05, 4.69) is 24.4 Å². The van der Waals surface area contributed by atoms with Crippen LogP contribution in [0.25, 0.3) is 0 Å². The topological polar surface area (TPSA) is 38.3 Å². The van der Waals surface area contributed by atoms with Gasteiger partial charge < -0.3 is 10.1 Å². The molecule has 1 saturated carbocycles. The molecule has 1 N–H and O–H groups in total. The zero-order valence-corrected chi connectivity index (χ0v) is 18.0. The van der Waals surface area contributed by atoms with Crippen molar-refractivity contribution in [1.82, 2.24) is 5.32 Å². The van der Waals surface area contributed by atoms with Gasteiger partial charge in [-0.3, -0.25) is 4.79 Å². The second-order valence-corrected chi connectivity index (χ2v) is 8.25. The smallest absolute Gasteiger partial charge is 0.416 e. The monoisotopic (exact) mass is 433 g/mol. The van der Waals surface area contributed by atoms with Gasteiger partial charge in [-0.1, -0.05) is 48.9 Å². The quantitative estimate of drug-likeness (QED) is 0.524. The van der Waals surface area contributed by atoms with Crippen LogP contribution in [0, 0.1) is 5.92 Å². The van der Waals surface area contributed by atoms with Crippen molar-refractivity contribution in [3.05, 3.63) is 71.3 Å². The number of carbonyl (C=O) groups excluding carboxylic acids is 1. The molecule has 0 aromatic heterocycles. The molecule has 1 aliphatic rings. The number of alkyl halides is 3. The van der Waals surface area contributed by atoms with Crippen molar-refractivity contribution in [2.75, 3.05) is 6.61 Å². The van der Waals surface area contributed by atoms with Crippen LogP contribution in [0.5, 0.6) is 0 Å². The first kappa shape index (κ1) is 23.3. The van der Waals surface area contributed by atoms with Crippen LogP contribution in [0.2, 0.25) is 0 Å². The van der Waals surface area contributed by atoms with Gasteiger partial charge in [0.1, 0.15) is 0 Å². The Labute approximate surface area is 182 Å². The molecule has 31 heavy (non-hydrogen) atoms. The summed E-state index contributed by atoms with van der Waals surface area (Å²) in [5, 5.41) is 3.69. The zero-order valence-electron chi connectivity index (χ0n) is 18.0. The molecule has 0 amide bonds. The van der Waals surface area contributed by atoms with Gasteiger partial charge in [-0.25, -0.2) is 0 Å². The van der Waals surface area contributed by atoms with Gasteiger partial charge in [0.25, 0.3) is 0 Å². The van der Waals surface area contributed by atoms with Crippen molar-refractivity contribution in [3.8, 4) is 0 Å². The van der Waals surface area contributed by atoms with Crippen LogP contribution < -0.4 is 5.32 Å². The van der Waals surface area contributed by atoms with Crippen molar-refractivity contribution in [3.63, 3.8) is 0 Å². The summed E-state index contributed by atoms with van der Waals surface area (Å²) >= 11 is 0. The van der Waals surface area contributed by atoms with E-state index in [1.807, 2.05) is 18.2 Å². The zero-order chi connectivity index (χ0) is 22.4. The molecule has 2 aromatic rings. The van der Waals surface area contributed by atoms with E-state index in [9.17, 15) is 18.0 Å².